The standard InChI is InChI=1S/C28H35N3O7/c1-6-8-31(5)12-15-9-13(7-2)16-10-14-11-17-21(30(3)4)24(34)20(27(29)37)26(36)28(17,38)25(35)18(14)23(33)19(16)22(15)32/h6,9,14,17,21,32,34-35,38H,1,7-8,10-12H2,2-5H3,(H2,29,37)/t14-,17-,21+,28-/m0/s1. The number of phenols is 1. The van der Waals surface area contributed by atoms with E-state index in [1.165, 1.54) is 4.90 Å². The number of aromatic hydroxyl groups is 1. The number of carbonyl (C=O) groups excluding carboxylic acids is 3. The Morgan fingerprint density at radius 1 is 1.21 bits per heavy atom. The molecule has 0 aromatic heterocycles. The maximum absolute atomic E-state index is 13.9. The maximum atomic E-state index is 13.9. The number of aliphatic hydroxyl groups is 3. The minimum Gasteiger partial charge on any atom is -0.510 e. The molecule has 0 bridgehead atoms. The Bertz CT molecular complexity index is 1310. The highest BCUT2D eigenvalue weighted by Gasteiger charge is 2.63. The first kappa shape index (κ1) is 27.6. The van der Waals surface area contributed by atoms with Crippen molar-refractivity contribution < 1.29 is 34.8 Å². The molecule has 0 heterocycles. The molecule has 10 nitrogen and oxygen atoms in total. The van der Waals surface area contributed by atoms with Gasteiger partial charge in [0.25, 0.3) is 5.91 Å². The summed E-state index contributed by atoms with van der Waals surface area (Å²) in [6.07, 6.45) is 2.68. The van der Waals surface area contributed by atoms with Crippen molar-refractivity contribution in [2.75, 3.05) is 27.7 Å². The zero-order valence-electron chi connectivity index (χ0n) is 22.1. The smallest absolute Gasteiger partial charge is 0.255 e. The summed E-state index contributed by atoms with van der Waals surface area (Å²) in [5, 5.41) is 45.2. The number of nitrogens with zero attached hydrogens (tertiary/aromatic N) is 2. The molecular formula is C28H35N3O7. The van der Waals surface area contributed by atoms with Crippen molar-refractivity contribution in [1.82, 2.24) is 9.80 Å². The average molecular weight is 526 g/mol. The predicted octanol–water partition coefficient (Wildman–Crippen LogP) is 1.30. The number of benzene rings is 1. The molecule has 1 amide bonds. The van der Waals surface area contributed by atoms with Crippen LogP contribution in [-0.4, -0.2) is 87.0 Å². The SMILES string of the molecule is C=CCN(C)Cc1cc(CC)c2c(c1O)C(=O)C1=C(O)[C@]3(O)C(=O)C(C(N)=O)=C(O)[C@H](N(C)C)[C@@H]3C[C@@H]1C2. The Balaban J connectivity index is 1.92. The molecule has 204 valence electrons. The molecule has 0 saturated carbocycles. The summed E-state index contributed by atoms with van der Waals surface area (Å²) in [7, 11) is 5.06. The molecule has 0 spiro atoms. The van der Waals surface area contributed by atoms with Crippen molar-refractivity contribution in [2.24, 2.45) is 17.6 Å². The average Bonchev–Trinajstić information content (AvgIpc) is 2.82. The summed E-state index contributed by atoms with van der Waals surface area (Å²) in [6.45, 7) is 6.58. The van der Waals surface area contributed by atoms with Gasteiger partial charge >= 0.3 is 0 Å². The number of aliphatic hydroxyl groups excluding tert-OH is 2. The van der Waals surface area contributed by atoms with E-state index < -0.39 is 58.0 Å². The molecule has 3 aliphatic carbocycles. The summed E-state index contributed by atoms with van der Waals surface area (Å²) >= 11 is 0. The zero-order valence-corrected chi connectivity index (χ0v) is 22.1. The van der Waals surface area contributed by atoms with E-state index in [0.29, 0.717) is 30.6 Å². The minimum absolute atomic E-state index is 0.0483. The first-order valence-electron chi connectivity index (χ1n) is 12.6. The highest BCUT2D eigenvalue weighted by atomic mass is 16.3. The zero-order chi connectivity index (χ0) is 28.3. The quantitative estimate of drug-likeness (QED) is 0.261. The molecule has 0 unspecified atom stereocenters. The van der Waals surface area contributed by atoms with Gasteiger partial charge in [0, 0.05) is 30.1 Å². The molecule has 0 saturated heterocycles. The van der Waals surface area contributed by atoms with Gasteiger partial charge in [0.1, 0.15) is 22.8 Å². The number of amides is 1. The Hall–Kier alpha value is -3.47. The van der Waals surface area contributed by atoms with E-state index in [4.69, 9.17) is 5.73 Å². The lowest BCUT2D eigenvalue weighted by Crippen LogP contribution is -2.63. The van der Waals surface area contributed by atoms with Crippen LogP contribution in [0.5, 0.6) is 5.75 Å². The number of rotatable bonds is 7. The van der Waals surface area contributed by atoms with Crippen LogP contribution in [0, 0.1) is 11.8 Å². The number of primary amides is 1. The second-order valence-corrected chi connectivity index (χ2v) is 10.7. The number of allylic oxidation sites excluding steroid dienone is 1. The van der Waals surface area contributed by atoms with E-state index in [0.717, 1.165) is 5.56 Å². The highest BCUT2D eigenvalue weighted by molar-refractivity contribution is 6.24. The molecule has 6 N–H and O–H groups in total. The summed E-state index contributed by atoms with van der Waals surface area (Å²) in [4.78, 5) is 42.9. The third-order valence-electron chi connectivity index (χ3n) is 8.16. The lowest BCUT2D eigenvalue weighted by Gasteiger charge is -2.50. The van der Waals surface area contributed by atoms with E-state index in [-0.39, 0.29) is 29.7 Å². The van der Waals surface area contributed by atoms with Gasteiger partial charge in [-0.25, -0.2) is 0 Å². The number of Topliss-reactive ketones (excluding diaryl/α,β-unsaturated/α-hetero) is 2. The Kier molecular flexibility index (Phi) is 7.02. The first-order valence-corrected chi connectivity index (χ1v) is 12.6. The second kappa shape index (κ2) is 9.68. The number of aryl methyl sites for hydroxylation is 1. The maximum Gasteiger partial charge on any atom is 0.255 e. The van der Waals surface area contributed by atoms with Gasteiger partial charge in [-0.2, -0.15) is 0 Å². The van der Waals surface area contributed by atoms with Crippen LogP contribution in [0.3, 0.4) is 0 Å². The van der Waals surface area contributed by atoms with E-state index in [2.05, 4.69) is 6.58 Å². The van der Waals surface area contributed by atoms with Gasteiger partial charge in [-0.15, -0.1) is 6.58 Å². The number of fused-ring (bicyclic) bond motifs is 3. The molecule has 1 aromatic rings. The topological polar surface area (TPSA) is 165 Å². The minimum atomic E-state index is -2.64. The second-order valence-electron chi connectivity index (χ2n) is 10.7. The van der Waals surface area contributed by atoms with Crippen LogP contribution in [-0.2, 0) is 29.0 Å². The van der Waals surface area contributed by atoms with Crippen LogP contribution in [0.15, 0.2) is 41.4 Å². The van der Waals surface area contributed by atoms with Crippen LogP contribution in [0.2, 0.25) is 0 Å². The molecule has 3 aliphatic rings. The van der Waals surface area contributed by atoms with E-state index in [1.54, 1.807) is 20.2 Å². The fraction of sp³-hybridized carbons (Fsp3) is 0.464. The number of phenolic OH excluding ortho intramolecular Hbond substituents is 1. The fourth-order valence-electron chi connectivity index (χ4n) is 6.47. The van der Waals surface area contributed by atoms with Crippen molar-refractivity contribution in [1.29, 1.82) is 0 Å². The molecule has 10 heteroatoms. The summed E-state index contributed by atoms with van der Waals surface area (Å²) in [5.74, 6) is -6.43. The Morgan fingerprint density at radius 3 is 2.42 bits per heavy atom. The molecule has 0 radical (unpaired) electrons. The van der Waals surface area contributed by atoms with Crippen molar-refractivity contribution in [3.63, 3.8) is 0 Å². The normalized spacial score (nSPS) is 27.0. The molecular weight excluding hydrogens is 490 g/mol. The van der Waals surface area contributed by atoms with E-state index in [9.17, 15) is 34.8 Å². The number of hydrogen-bond donors (Lipinski definition) is 5. The Labute approximate surface area is 221 Å². The van der Waals surface area contributed by atoms with E-state index >= 15 is 0 Å². The number of carbonyl (C=O) groups is 3. The summed E-state index contributed by atoms with van der Waals surface area (Å²) < 4.78 is 0. The first-order chi connectivity index (χ1) is 17.8. The van der Waals surface area contributed by atoms with Gasteiger partial charge in [0.05, 0.1) is 11.6 Å². The molecule has 4 atom stereocenters. The van der Waals surface area contributed by atoms with Gasteiger partial charge in [0.15, 0.2) is 11.4 Å². The van der Waals surface area contributed by atoms with Gasteiger partial charge in [-0.3, -0.25) is 24.2 Å². The van der Waals surface area contributed by atoms with Gasteiger partial charge in [-0.05, 0) is 57.5 Å². The van der Waals surface area contributed by atoms with Crippen molar-refractivity contribution >= 4 is 17.5 Å². The lowest BCUT2D eigenvalue weighted by molar-refractivity contribution is -0.148. The van der Waals surface area contributed by atoms with E-state index in [1.807, 2.05) is 24.9 Å². The van der Waals surface area contributed by atoms with Gasteiger partial charge < -0.3 is 26.2 Å². The Morgan fingerprint density at radius 2 is 1.87 bits per heavy atom. The number of hydrogen-bond acceptors (Lipinski definition) is 9. The van der Waals surface area contributed by atoms with Gasteiger partial charge in [-0.1, -0.05) is 19.1 Å². The van der Waals surface area contributed by atoms with Gasteiger partial charge in [0.2, 0.25) is 5.78 Å². The van der Waals surface area contributed by atoms with Crippen molar-refractivity contribution in [3.05, 3.63) is 63.6 Å². The van der Waals surface area contributed by atoms with Crippen molar-refractivity contribution in [3.8, 4) is 5.75 Å². The lowest BCUT2D eigenvalue weighted by atomic mass is 9.58. The van der Waals surface area contributed by atoms with Crippen LogP contribution in [0.4, 0.5) is 0 Å². The monoisotopic (exact) mass is 525 g/mol. The van der Waals surface area contributed by atoms with Crippen molar-refractivity contribution in [2.45, 2.75) is 44.4 Å². The summed E-state index contributed by atoms with van der Waals surface area (Å²) in [6, 6.07) is 0.872. The molecule has 1 aromatic carbocycles. The predicted molar refractivity (Wildman–Crippen MR) is 140 cm³/mol. The molecule has 4 rings (SSSR count). The molecule has 38 heavy (non-hydrogen) atoms. The molecule has 0 aliphatic heterocycles. The molecule has 0 fully saturated rings. The summed E-state index contributed by atoms with van der Waals surface area (Å²) in [5.41, 5.74) is 3.89. The number of likely N-dealkylation sites (N-methyl/N-ethyl adjacent to an activating group) is 2. The van der Waals surface area contributed by atoms with Crippen LogP contribution < -0.4 is 5.73 Å². The third kappa shape index (κ3) is 3.86. The highest BCUT2D eigenvalue weighted by Crippen LogP contribution is 2.52. The third-order valence-corrected chi connectivity index (χ3v) is 8.16. The fourth-order valence-corrected chi connectivity index (χ4v) is 6.47. The van der Waals surface area contributed by atoms with Crippen LogP contribution in [0.25, 0.3) is 0 Å². The van der Waals surface area contributed by atoms with Crippen LogP contribution in [0.1, 0.15) is 40.4 Å². The largest absolute Gasteiger partial charge is 0.510 e. The number of ketones is 2. The van der Waals surface area contributed by atoms with Crippen LogP contribution >= 0.6 is 0 Å². The number of nitrogens with two attached hydrogens (primary N) is 1.